The zero-order valence-corrected chi connectivity index (χ0v) is 13.1. The van der Waals surface area contributed by atoms with E-state index in [1.54, 1.807) is 30.3 Å². The van der Waals surface area contributed by atoms with E-state index in [0.717, 1.165) is 23.4 Å². The first-order valence-corrected chi connectivity index (χ1v) is 7.51. The van der Waals surface area contributed by atoms with Crippen LogP contribution in [0.4, 0.5) is 13.2 Å². The average molecular weight is 359 g/mol. The monoisotopic (exact) mass is 359 g/mol. The number of amides is 2. The normalized spacial score (nSPS) is 11.2. The van der Waals surface area contributed by atoms with Crippen molar-refractivity contribution in [3.63, 3.8) is 0 Å². The van der Waals surface area contributed by atoms with Gasteiger partial charge in [0.15, 0.2) is 5.16 Å². The Kier molecular flexibility index (Phi) is 5.44. The Bertz CT molecular complexity index is 733. The van der Waals surface area contributed by atoms with E-state index in [1.165, 1.54) is 0 Å². The van der Waals surface area contributed by atoms with Crippen molar-refractivity contribution >= 4 is 23.6 Å². The van der Waals surface area contributed by atoms with Gasteiger partial charge >= 0.3 is 6.18 Å². The molecule has 1 aromatic carbocycles. The molecule has 2 amide bonds. The van der Waals surface area contributed by atoms with Gasteiger partial charge in [0.1, 0.15) is 0 Å². The van der Waals surface area contributed by atoms with Crippen LogP contribution >= 0.6 is 11.8 Å². The summed E-state index contributed by atoms with van der Waals surface area (Å²) in [5, 5.41) is 6.37. The largest absolute Gasteiger partial charge is 0.451 e. The van der Waals surface area contributed by atoms with Gasteiger partial charge in [0.2, 0.25) is 11.7 Å². The number of carbonyl (C=O) groups excluding carboxylic acids is 2. The Morgan fingerprint density at radius 3 is 2.42 bits per heavy atom. The number of carbonyl (C=O) groups is 2. The number of benzene rings is 1. The third-order valence-electron chi connectivity index (χ3n) is 2.77. The van der Waals surface area contributed by atoms with Crippen molar-refractivity contribution in [1.82, 2.24) is 25.6 Å². The predicted molar refractivity (Wildman–Crippen MR) is 78.8 cm³/mol. The van der Waals surface area contributed by atoms with Crippen LogP contribution in [-0.4, -0.2) is 32.3 Å². The van der Waals surface area contributed by atoms with Crippen molar-refractivity contribution < 1.29 is 22.8 Å². The summed E-state index contributed by atoms with van der Waals surface area (Å²) in [7, 11) is 1.15. The molecule has 0 radical (unpaired) electrons. The quantitative estimate of drug-likeness (QED) is 0.636. The molecule has 0 atom stereocenters. The molecular weight excluding hydrogens is 347 g/mol. The minimum Gasteiger partial charge on any atom is -0.302 e. The molecule has 0 saturated carbocycles. The molecule has 24 heavy (non-hydrogen) atoms. The zero-order valence-electron chi connectivity index (χ0n) is 12.3. The van der Waals surface area contributed by atoms with Crippen LogP contribution in [0.1, 0.15) is 16.2 Å². The summed E-state index contributed by atoms with van der Waals surface area (Å²) in [6, 6.07) is 8.20. The number of alkyl halides is 3. The Labute approximate surface area is 138 Å². The molecule has 128 valence electrons. The minimum absolute atomic E-state index is 0.0631. The van der Waals surface area contributed by atoms with Crippen molar-refractivity contribution in [3.8, 4) is 0 Å². The van der Waals surface area contributed by atoms with Crippen molar-refractivity contribution in [2.75, 3.05) is 5.75 Å². The standard InChI is InChI=1S/C13H12F3N5O2S/c1-21-11(13(14,15)16)19-20-12(21)24-7-9(22)17-18-10(23)8-5-3-2-4-6-8/h2-6H,7H2,1H3,(H,17,22)(H,18,23). The molecule has 0 fully saturated rings. The lowest BCUT2D eigenvalue weighted by atomic mass is 10.2. The molecule has 0 unspecified atom stereocenters. The van der Waals surface area contributed by atoms with Crippen LogP contribution in [0.3, 0.4) is 0 Å². The van der Waals surface area contributed by atoms with Crippen molar-refractivity contribution in [1.29, 1.82) is 0 Å². The molecule has 0 spiro atoms. The van der Waals surface area contributed by atoms with Gasteiger partial charge in [-0.05, 0) is 12.1 Å². The van der Waals surface area contributed by atoms with Crippen LogP contribution in [0.2, 0.25) is 0 Å². The van der Waals surface area contributed by atoms with Crippen LogP contribution < -0.4 is 10.9 Å². The highest BCUT2D eigenvalue weighted by Gasteiger charge is 2.37. The van der Waals surface area contributed by atoms with Crippen LogP contribution in [0.15, 0.2) is 35.5 Å². The number of thioether (sulfide) groups is 1. The van der Waals surface area contributed by atoms with Crippen molar-refractivity contribution in [3.05, 3.63) is 41.7 Å². The van der Waals surface area contributed by atoms with Gasteiger partial charge in [-0.15, -0.1) is 10.2 Å². The van der Waals surface area contributed by atoms with Crippen LogP contribution in [0.25, 0.3) is 0 Å². The summed E-state index contributed by atoms with van der Waals surface area (Å²) in [4.78, 5) is 23.3. The van der Waals surface area contributed by atoms with Crippen LogP contribution in [0, 0.1) is 0 Å². The summed E-state index contributed by atoms with van der Waals surface area (Å²) in [6.45, 7) is 0. The lowest BCUT2D eigenvalue weighted by molar-refractivity contribution is -0.147. The van der Waals surface area contributed by atoms with E-state index in [0.29, 0.717) is 5.56 Å². The number of aromatic nitrogens is 3. The maximum atomic E-state index is 12.6. The molecule has 0 aliphatic heterocycles. The summed E-state index contributed by atoms with van der Waals surface area (Å²) in [6.07, 6.45) is -4.62. The molecule has 2 rings (SSSR count). The number of nitrogens with zero attached hydrogens (tertiary/aromatic N) is 3. The molecule has 2 N–H and O–H groups in total. The van der Waals surface area contributed by atoms with E-state index in [-0.39, 0.29) is 10.9 Å². The Balaban J connectivity index is 1.84. The van der Waals surface area contributed by atoms with Gasteiger partial charge in [0.25, 0.3) is 5.91 Å². The Morgan fingerprint density at radius 1 is 1.17 bits per heavy atom. The highest BCUT2D eigenvalue weighted by molar-refractivity contribution is 7.99. The summed E-state index contributed by atoms with van der Waals surface area (Å²) >= 11 is 0.766. The molecule has 0 aliphatic rings. The molecule has 1 aromatic heterocycles. The van der Waals surface area contributed by atoms with E-state index in [2.05, 4.69) is 21.0 Å². The summed E-state index contributed by atoms with van der Waals surface area (Å²) < 4.78 is 38.5. The molecular formula is C13H12F3N5O2S. The predicted octanol–water partition coefficient (Wildman–Crippen LogP) is 1.39. The summed E-state index contributed by atoms with van der Waals surface area (Å²) in [5.41, 5.74) is 4.73. The van der Waals surface area contributed by atoms with Crippen molar-refractivity contribution in [2.24, 2.45) is 7.05 Å². The topological polar surface area (TPSA) is 88.9 Å². The second-order valence-electron chi connectivity index (χ2n) is 4.52. The second kappa shape index (κ2) is 7.34. The van der Waals surface area contributed by atoms with Gasteiger partial charge in [-0.1, -0.05) is 30.0 Å². The van der Waals surface area contributed by atoms with Gasteiger partial charge in [-0.3, -0.25) is 20.4 Å². The van der Waals surface area contributed by atoms with E-state index in [4.69, 9.17) is 0 Å². The van der Waals surface area contributed by atoms with Crippen LogP contribution in [0.5, 0.6) is 0 Å². The van der Waals surface area contributed by atoms with Gasteiger partial charge in [-0.2, -0.15) is 13.2 Å². The first-order chi connectivity index (χ1) is 11.3. The van der Waals surface area contributed by atoms with E-state index < -0.39 is 23.8 Å². The maximum absolute atomic E-state index is 12.6. The van der Waals surface area contributed by atoms with Crippen molar-refractivity contribution in [2.45, 2.75) is 11.3 Å². The number of hydrazine groups is 1. The molecule has 11 heteroatoms. The smallest absolute Gasteiger partial charge is 0.302 e. The number of halogens is 3. The second-order valence-corrected chi connectivity index (χ2v) is 5.46. The SMILES string of the molecule is Cn1c(SCC(=O)NNC(=O)c2ccccc2)nnc1C(F)(F)F. The average Bonchev–Trinajstić information content (AvgIpc) is 2.92. The number of hydrogen-bond donors (Lipinski definition) is 2. The maximum Gasteiger partial charge on any atom is 0.451 e. The Hall–Kier alpha value is -2.56. The fourth-order valence-electron chi connectivity index (χ4n) is 1.64. The molecule has 7 nitrogen and oxygen atoms in total. The van der Waals surface area contributed by atoms with E-state index in [9.17, 15) is 22.8 Å². The van der Waals surface area contributed by atoms with Crippen LogP contribution in [-0.2, 0) is 18.0 Å². The number of rotatable bonds is 4. The lowest BCUT2D eigenvalue weighted by Gasteiger charge is -2.08. The Morgan fingerprint density at radius 2 is 1.83 bits per heavy atom. The minimum atomic E-state index is -4.62. The lowest BCUT2D eigenvalue weighted by Crippen LogP contribution is -2.42. The number of nitrogens with one attached hydrogen (secondary N) is 2. The fourth-order valence-corrected chi connectivity index (χ4v) is 2.35. The van der Waals surface area contributed by atoms with Gasteiger partial charge < -0.3 is 4.57 Å². The first-order valence-electron chi connectivity index (χ1n) is 6.52. The number of hydrogen-bond acceptors (Lipinski definition) is 5. The molecule has 0 aliphatic carbocycles. The van der Waals surface area contributed by atoms with Gasteiger partial charge in [0.05, 0.1) is 5.75 Å². The highest BCUT2D eigenvalue weighted by Crippen LogP contribution is 2.29. The third kappa shape index (κ3) is 4.47. The molecule has 2 aromatic rings. The van der Waals surface area contributed by atoms with E-state index >= 15 is 0 Å². The first kappa shape index (κ1) is 17.8. The fraction of sp³-hybridized carbons (Fsp3) is 0.231. The third-order valence-corrected chi connectivity index (χ3v) is 3.79. The molecule has 0 saturated heterocycles. The molecule has 1 heterocycles. The molecule has 0 bridgehead atoms. The highest BCUT2D eigenvalue weighted by atomic mass is 32.2. The van der Waals surface area contributed by atoms with E-state index in [1.807, 2.05) is 0 Å². The summed E-state index contributed by atoms with van der Waals surface area (Å²) in [5.74, 6) is -2.49. The van der Waals surface area contributed by atoms with Gasteiger partial charge in [0, 0.05) is 12.6 Å². The zero-order chi connectivity index (χ0) is 17.7. The van der Waals surface area contributed by atoms with Gasteiger partial charge in [-0.25, -0.2) is 0 Å².